The summed E-state index contributed by atoms with van der Waals surface area (Å²) in [5.74, 6) is 0.312. The van der Waals surface area contributed by atoms with E-state index in [9.17, 15) is 4.79 Å². The largest absolute Gasteiger partial charge is 0.431 e. The second-order valence-corrected chi connectivity index (χ2v) is 7.69. The highest BCUT2D eigenvalue weighted by Crippen LogP contribution is 2.35. The van der Waals surface area contributed by atoms with Gasteiger partial charge in [-0.2, -0.15) is 0 Å². The molecule has 0 radical (unpaired) electrons. The zero-order chi connectivity index (χ0) is 17.4. The standard InChI is InChI=1S/C20H20N2O2S/c1-13(2)18(25-20-21-15-8-4-6-10-17(15)24-20)19(23)22-12-11-14-7-3-5-9-16(14)22/h3-10,13,18H,11-12H2,1-2H3/t18-/m1/s1. The van der Waals surface area contributed by atoms with E-state index >= 15 is 0 Å². The normalized spacial score (nSPS) is 14.9. The Kier molecular flexibility index (Phi) is 4.25. The second kappa shape index (κ2) is 6.56. The van der Waals surface area contributed by atoms with E-state index in [1.807, 2.05) is 47.4 Å². The number of thioether (sulfide) groups is 1. The minimum atomic E-state index is -0.223. The Labute approximate surface area is 151 Å². The first kappa shape index (κ1) is 16.2. The number of rotatable bonds is 4. The maximum absolute atomic E-state index is 13.2. The van der Waals surface area contributed by atoms with Gasteiger partial charge in [-0.25, -0.2) is 4.98 Å². The van der Waals surface area contributed by atoms with Gasteiger partial charge in [0.2, 0.25) is 5.91 Å². The van der Waals surface area contributed by atoms with Gasteiger partial charge in [0.15, 0.2) is 5.58 Å². The molecule has 128 valence electrons. The molecule has 0 saturated carbocycles. The summed E-state index contributed by atoms with van der Waals surface area (Å²) < 4.78 is 5.81. The van der Waals surface area contributed by atoms with Crippen LogP contribution in [0.2, 0.25) is 0 Å². The molecular weight excluding hydrogens is 332 g/mol. The molecule has 4 nitrogen and oxygen atoms in total. The third kappa shape index (κ3) is 3.04. The van der Waals surface area contributed by atoms with E-state index in [0.29, 0.717) is 5.22 Å². The average molecular weight is 352 g/mol. The van der Waals surface area contributed by atoms with E-state index < -0.39 is 0 Å². The van der Waals surface area contributed by atoms with Crippen molar-refractivity contribution < 1.29 is 9.21 Å². The van der Waals surface area contributed by atoms with Crippen molar-refractivity contribution >= 4 is 34.5 Å². The van der Waals surface area contributed by atoms with Gasteiger partial charge in [-0.3, -0.25) is 4.79 Å². The smallest absolute Gasteiger partial charge is 0.257 e. The first-order valence-corrected chi connectivity index (χ1v) is 9.43. The predicted molar refractivity (Wildman–Crippen MR) is 101 cm³/mol. The summed E-state index contributed by atoms with van der Waals surface area (Å²) in [5.41, 5.74) is 3.86. The van der Waals surface area contributed by atoms with Crippen LogP contribution in [0.25, 0.3) is 11.1 Å². The number of para-hydroxylation sites is 3. The van der Waals surface area contributed by atoms with Gasteiger partial charge in [0.25, 0.3) is 5.22 Å². The third-order valence-corrected chi connectivity index (χ3v) is 5.88. The summed E-state index contributed by atoms with van der Waals surface area (Å²) in [6.45, 7) is 4.88. The molecule has 0 N–H and O–H groups in total. The summed E-state index contributed by atoms with van der Waals surface area (Å²) in [4.78, 5) is 19.6. The lowest BCUT2D eigenvalue weighted by atomic mass is 10.1. The van der Waals surface area contributed by atoms with Crippen molar-refractivity contribution in [1.82, 2.24) is 4.98 Å². The topological polar surface area (TPSA) is 46.3 Å². The van der Waals surface area contributed by atoms with Crippen molar-refractivity contribution in [3.05, 3.63) is 54.1 Å². The summed E-state index contributed by atoms with van der Waals surface area (Å²) >= 11 is 1.42. The SMILES string of the molecule is CC(C)[C@@H](Sc1nc2ccccc2o1)C(=O)N1CCc2ccccc21. The van der Waals surface area contributed by atoms with E-state index in [1.54, 1.807) is 0 Å². The molecular formula is C20H20N2O2S. The number of aromatic nitrogens is 1. The molecule has 0 aliphatic carbocycles. The van der Waals surface area contributed by atoms with Gasteiger partial charge in [-0.1, -0.05) is 55.9 Å². The lowest BCUT2D eigenvalue weighted by Gasteiger charge is -2.25. The highest BCUT2D eigenvalue weighted by atomic mass is 32.2. The van der Waals surface area contributed by atoms with Crippen molar-refractivity contribution in [2.24, 2.45) is 5.92 Å². The summed E-state index contributed by atoms with van der Waals surface area (Å²) in [6.07, 6.45) is 0.917. The van der Waals surface area contributed by atoms with Gasteiger partial charge < -0.3 is 9.32 Å². The molecule has 0 spiro atoms. The number of oxazole rings is 1. The number of anilines is 1. The second-order valence-electron chi connectivity index (χ2n) is 6.60. The molecule has 1 aliphatic rings. The molecule has 1 aliphatic heterocycles. The molecule has 1 atom stereocenters. The molecule has 2 heterocycles. The van der Waals surface area contributed by atoms with Crippen molar-refractivity contribution in [2.75, 3.05) is 11.4 Å². The van der Waals surface area contributed by atoms with E-state index in [2.05, 4.69) is 24.9 Å². The highest BCUT2D eigenvalue weighted by Gasteiger charge is 2.33. The average Bonchev–Trinajstić information content (AvgIpc) is 3.22. The van der Waals surface area contributed by atoms with Crippen LogP contribution in [0.5, 0.6) is 0 Å². The monoisotopic (exact) mass is 352 g/mol. The maximum atomic E-state index is 13.2. The summed E-state index contributed by atoms with van der Waals surface area (Å²) in [5, 5.41) is 0.333. The van der Waals surface area contributed by atoms with Crippen LogP contribution in [-0.4, -0.2) is 22.7 Å². The van der Waals surface area contributed by atoms with E-state index in [0.717, 1.165) is 29.8 Å². The number of nitrogens with zero attached hydrogens (tertiary/aromatic N) is 2. The summed E-state index contributed by atoms with van der Waals surface area (Å²) in [6, 6.07) is 15.8. The van der Waals surface area contributed by atoms with Crippen molar-refractivity contribution in [3.63, 3.8) is 0 Å². The Bertz CT molecular complexity index is 886. The lowest BCUT2D eigenvalue weighted by molar-refractivity contribution is -0.118. The number of fused-ring (bicyclic) bond motifs is 2. The predicted octanol–water partition coefficient (Wildman–Crippen LogP) is 4.53. The van der Waals surface area contributed by atoms with Crippen molar-refractivity contribution in [3.8, 4) is 0 Å². The Morgan fingerprint density at radius 3 is 2.72 bits per heavy atom. The molecule has 0 fully saturated rings. The van der Waals surface area contributed by atoms with Crippen LogP contribution in [0.15, 0.2) is 58.2 Å². The fraction of sp³-hybridized carbons (Fsp3) is 0.300. The van der Waals surface area contributed by atoms with Gasteiger partial charge in [-0.15, -0.1) is 0 Å². The van der Waals surface area contributed by atoms with Crippen LogP contribution in [-0.2, 0) is 11.2 Å². The number of hydrogen-bond acceptors (Lipinski definition) is 4. The zero-order valence-electron chi connectivity index (χ0n) is 14.3. The molecule has 4 rings (SSSR count). The summed E-state index contributed by atoms with van der Waals surface area (Å²) in [7, 11) is 0. The zero-order valence-corrected chi connectivity index (χ0v) is 15.1. The fourth-order valence-corrected chi connectivity index (χ4v) is 4.21. The number of amides is 1. The van der Waals surface area contributed by atoms with E-state index in [1.165, 1.54) is 17.3 Å². The quantitative estimate of drug-likeness (QED) is 0.647. The number of benzene rings is 2. The van der Waals surface area contributed by atoms with Crippen LogP contribution in [0.1, 0.15) is 19.4 Å². The van der Waals surface area contributed by atoms with Gasteiger partial charge in [-0.05, 0) is 36.1 Å². The van der Waals surface area contributed by atoms with Gasteiger partial charge >= 0.3 is 0 Å². The first-order valence-electron chi connectivity index (χ1n) is 8.55. The van der Waals surface area contributed by atoms with Crippen molar-refractivity contribution in [1.29, 1.82) is 0 Å². The van der Waals surface area contributed by atoms with Crippen LogP contribution in [0.4, 0.5) is 5.69 Å². The van der Waals surface area contributed by atoms with Crippen LogP contribution in [0.3, 0.4) is 0 Å². The van der Waals surface area contributed by atoms with Crippen LogP contribution < -0.4 is 4.90 Å². The molecule has 0 unspecified atom stereocenters. The maximum Gasteiger partial charge on any atom is 0.257 e. The molecule has 25 heavy (non-hydrogen) atoms. The van der Waals surface area contributed by atoms with Gasteiger partial charge in [0, 0.05) is 12.2 Å². The Hall–Kier alpha value is -2.27. The Morgan fingerprint density at radius 1 is 1.16 bits per heavy atom. The minimum absolute atomic E-state index is 0.132. The molecule has 0 bridgehead atoms. The molecule has 1 aromatic heterocycles. The number of carbonyl (C=O) groups excluding carboxylic acids is 1. The van der Waals surface area contributed by atoms with E-state index in [4.69, 9.17) is 4.42 Å². The third-order valence-electron chi connectivity index (χ3n) is 4.50. The number of hydrogen-bond donors (Lipinski definition) is 0. The fourth-order valence-electron chi connectivity index (χ4n) is 3.20. The molecule has 2 aromatic carbocycles. The number of carbonyl (C=O) groups is 1. The lowest BCUT2D eigenvalue weighted by Crippen LogP contribution is -2.39. The van der Waals surface area contributed by atoms with E-state index in [-0.39, 0.29) is 17.1 Å². The van der Waals surface area contributed by atoms with Gasteiger partial charge in [0.1, 0.15) is 5.52 Å². The molecule has 1 amide bonds. The Morgan fingerprint density at radius 2 is 1.92 bits per heavy atom. The Balaban J connectivity index is 1.60. The molecule has 3 aromatic rings. The van der Waals surface area contributed by atoms with Crippen LogP contribution >= 0.6 is 11.8 Å². The molecule has 0 saturated heterocycles. The van der Waals surface area contributed by atoms with Gasteiger partial charge in [0.05, 0.1) is 5.25 Å². The minimum Gasteiger partial charge on any atom is -0.431 e. The molecule has 5 heteroatoms. The highest BCUT2D eigenvalue weighted by molar-refractivity contribution is 8.00. The van der Waals surface area contributed by atoms with Crippen LogP contribution in [0, 0.1) is 5.92 Å². The van der Waals surface area contributed by atoms with Crippen molar-refractivity contribution in [2.45, 2.75) is 30.7 Å². The first-order chi connectivity index (χ1) is 12.1.